The van der Waals surface area contributed by atoms with Crippen LogP contribution in [0, 0.1) is 11.8 Å². The van der Waals surface area contributed by atoms with Gasteiger partial charge in [-0.25, -0.2) is 0 Å². The van der Waals surface area contributed by atoms with E-state index in [0.717, 1.165) is 18.9 Å². The molecule has 2 amide bonds. The van der Waals surface area contributed by atoms with Gasteiger partial charge < -0.3 is 10.2 Å². The molecule has 29 heavy (non-hydrogen) atoms. The molecule has 1 aliphatic heterocycles. The van der Waals surface area contributed by atoms with Crippen molar-refractivity contribution < 1.29 is 9.59 Å². The second-order valence-corrected chi connectivity index (χ2v) is 9.34. The maximum Gasteiger partial charge on any atom is 0.222 e. The van der Waals surface area contributed by atoms with Crippen molar-refractivity contribution in [2.24, 2.45) is 11.8 Å². The van der Waals surface area contributed by atoms with Gasteiger partial charge in [0, 0.05) is 25.4 Å². The van der Waals surface area contributed by atoms with Crippen LogP contribution in [0.3, 0.4) is 0 Å². The maximum absolute atomic E-state index is 12.8. The fourth-order valence-electron chi connectivity index (χ4n) is 5.63. The molecule has 3 unspecified atom stereocenters. The lowest BCUT2D eigenvalue weighted by molar-refractivity contribution is -0.137. The number of hydrogen-bond donors (Lipinski definition) is 1. The SMILES string of the molecule is O=C(CCCC(=O)N1CCCC2CCCCC21)NC(c1ccccc1)C1CCC1. The average Bonchev–Trinajstić information content (AvgIpc) is 2.72. The van der Waals surface area contributed by atoms with E-state index in [9.17, 15) is 9.59 Å². The van der Waals surface area contributed by atoms with Crippen LogP contribution in [0.5, 0.6) is 0 Å². The molecule has 0 bridgehead atoms. The number of amides is 2. The number of piperidine rings is 1. The van der Waals surface area contributed by atoms with Gasteiger partial charge in [-0.15, -0.1) is 0 Å². The Morgan fingerprint density at radius 2 is 1.69 bits per heavy atom. The summed E-state index contributed by atoms with van der Waals surface area (Å²) in [4.78, 5) is 27.6. The molecular weight excluding hydrogens is 360 g/mol. The van der Waals surface area contributed by atoms with Crippen molar-refractivity contribution in [1.29, 1.82) is 0 Å². The van der Waals surface area contributed by atoms with E-state index >= 15 is 0 Å². The minimum atomic E-state index is 0.0905. The van der Waals surface area contributed by atoms with Gasteiger partial charge in [-0.05, 0) is 62.3 Å². The Hall–Kier alpha value is -1.84. The number of carbonyl (C=O) groups excluding carboxylic acids is 2. The highest BCUT2D eigenvalue weighted by molar-refractivity contribution is 5.79. The molecule has 1 aromatic rings. The summed E-state index contributed by atoms with van der Waals surface area (Å²) >= 11 is 0. The van der Waals surface area contributed by atoms with E-state index in [1.54, 1.807) is 0 Å². The number of rotatable bonds is 7. The van der Waals surface area contributed by atoms with Crippen molar-refractivity contribution in [3.05, 3.63) is 35.9 Å². The van der Waals surface area contributed by atoms with Crippen LogP contribution in [-0.2, 0) is 9.59 Å². The first-order chi connectivity index (χ1) is 14.2. The highest BCUT2D eigenvalue weighted by Crippen LogP contribution is 2.38. The molecule has 2 aliphatic carbocycles. The molecule has 158 valence electrons. The minimum absolute atomic E-state index is 0.0905. The van der Waals surface area contributed by atoms with Crippen LogP contribution in [-0.4, -0.2) is 29.3 Å². The average molecular weight is 397 g/mol. The zero-order valence-electron chi connectivity index (χ0n) is 17.7. The lowest BCUT2D eigenvalue weighted by Crippen LogP contribution is -2.49. The van der Waals surface area contributed by atoms with Gasteiger partial charge in [-0.1, -0.05) is 49.6 Å². The van der Waals surface area contributed by atoms with Crippen LogP contribution in [0.1, 0.15) is 88.7 Å². The third kappa shape index (κ3) is 5.02. The summed E-state index contributed by atoms with van der Waals surface area (Å²) in [5, 5.41) is 3.27. The van der Waals surface area contributed by atoms with Gasteiger partial charge in [0.2, 0.25) is 11.8 Å². The summed E-state index contributed by atoms with van der Waals surface area (Å²) in [6.45, 7) is 0.921. The summed E-state index contributed by atoms with van der Waals surface area (Å²) in [5.74, 6) is 1.64. The van der Waals surface area contributed by atoms with Crippen LogP contribution in [0.4, 0.5) is 0 Å². The lowest BCUT2D eigenvalue weighted by atomic mass is 9.77. The van der Waals surface area contributed by atoms with Crippen molar-refractivity contribution in [2.75, 3.05) is 6.54 Å². The number of carbonyl (C=O) groups is 2. The minimum Gasteiger partial charge on any atom is -0.349 e. The molecule has 4 rings (SSSR count). The standard InChI is InChI=1S/C25H36N2O2/c28-23(26-25(21-12-6-13-21)20-10-2-1-3-11-20)16-7-17-24(29)27-18-8-14-19-9-4-5-15-22(19)27/h1-3,10-11,19,21-22,25H,4-9,12-18H2,(H,26,28). The summed E-state index contributed by atoms with van der Waals surface area (Å²) < 4.78 is 0. The second-order valence-electron chi connectivity index (χ2n) is 9.34. The van der Waals surface area contributed by atoms with Crippen molar-refractivity contribution >= 4 is 11.8 Å². The van der Waals surface area contributed by atoms with E-state index in [1.807, 2.05) is 18.2 Å². The van der Waals surface area contributed by atoms with Gasteiger partial charge in [-0.3, -0.25) is 9.59 Å². The number of likely N-dealkylation sites (tertiary alicyclic amines) is 1. The van der Waals surface area contributed by atoms with Crippen LogP contribution in [0.25, 0.3) is 0 Å². The molecular formula is C25H36N2O2. The Bertz CT molecular complexity index is 683. The van der Waals surface area contributed by atoms with Crippen molar-refractivity contribution in [3.8, 4) is 0 Å². The summed E-state index contributed by atoms with van der Waals surface area (Å²) in [7, 11) is 0. The molecule has 1 aromatic carbocycles. The predicted molar refractivity (Wildman–Crippen MR) is 115 cm³/mol. The number of nitrogens with zero attached hydrogens (tertiary/aromatic N) is 1. The smallest absolute Gasteiger partial charge is 0.222 e. The highest BCUT2D eigenvalue weighted by Gasteiger charge is 2.35. The Kier molecular flexibility index (Phi) is 6.89. The molecule has 4 nitrogen and oxygen atoms in total. The van der Waals surface area contributed by atoms with Crippen molar-refractivity contribution in [3.63, 3.8) is 0 Å². The topological polar surface area (TPSA) is 49.4 Å². The van der Waals surface area contributed by atoms with E-state index in [4.69, 9.17) is 0 Å². The number of benzene rings is 1. The van der Waals surface area contributed by atoms with E-state index in [-0.39, 0.29) is 17.9 Å². The van der Waals surface area contributed by atoms with Gasteiger partial charge in [0.05, 0.1) is 6.04 Å². The van der Waals surface area contributed by atoms with E-state index in [1.165, 1.54) is 56.9 Å². The largest absolute Gasteiger partial charge is 0.349 e. The normalized spacial score (nSPS) is 25.6. The van der Waals surface area contributed by atoms with Gasteiger partial charge in [0.1, 0.15) is 0 Å². The third-order valence-corrected chi connectivity index (χ3v) is 7.45. The van der Waals surface area contributed by atoms with Crippen LogP contribution in [0.15, 0.2) is 30.3 Å². The third-order valence-electron chi connectivity index (χ3n) is 7.45. The van der Waals surface area contributed by atoms with Crippen molar-refractivity contribution in [1.82, 2.24) is 10.2 Å². The molecule has 2 saturated carbocycles. The Balaban J connectivity index is 1.25. The first-order valence-corrected chi connectivity index (χ1v) is 11.9. The molecule has 1 saturated heterocycles. The fourth-order valence-corrected chi connectivity index (χ4v) is 5.63. The van der Waals surface area contributed by atoms with Gasteiger partial charge in [0.25, 0.3) is 0 Å². The predicted octanol–water partition coefficient (Wildman–Crippen LogP) is 5.00. The van der Waals surface area contributed by atoms with E-state index in [2.05, 4.69) is 22.3 Å². The second kappa shape index (κ2) is 9.77. The molecule has 0 radical (unpaired) electrons. The lowest BCUT2D eigenvalue weighted by Gasteiger charge is -2.44. The Labute approximate surface area is 175 Å². The summed E-state index contributed by atoms with van der Waals surface area (Å²) in [5.41, 5.74) is 1.21. The molecule has 0 aromatic heterocycles. The summed E-state index contributed by atoms with van der Waals surface area (Å²) in [6.07, 6.45) is 12.7. The molecule has 4 heteroatoms. The Morgan fingerprint density at radius 1 is 0.931 bits per heavy atom. The number of hydrogen-bond acceptors (Lipinski definition) is 2. The monoisotopic (exact) mass is 396 g/mol. The van der Waals surface area contributed by atoms with Gasteiger partial charge >= 0.3 is 0 Å². The summed E-state index contributed by atoms with van der Waals surface area (Å²) in [6, 6.07) is 10.9. The quantitative estimate of drug-likeness (QED) is 0.705. The molecule has 3 atom stereocenters. The Morgan fingerprint density at radius 3 is 2.45 bits per heavy atom. The molecule has 1 N–H and O–H groups in total. The highest BCUT2D eigenvalue weighted by atomic mass is 16.2. The number of fused-ring (bicyclic) bond motifs is 1. The van der Waals surface area contributed by atoms with Crippen LogP contribution in [0.2, 0.25) is 0 Å². The van der Waals surface area contributed by atoms with Gasteiger partial charge in [-0.2, -0.15) is 0 Å². The van der Waals surface area contributed by atoms with Crippen molar-refractivity contribution in [2.45, 2.75) is 89.1 Å². The molecule has 3 fully saturated rings. The zero-order valence-corrected chi connectivity index (χ0v) is 17.7. The van der Waals surface area contributed by atoms with Gasteiger partial charge in [0.15, 0.2) is 0 Å². The molecule has 3 aliphatic rings. The van der Waals surface area contributed by atoms with E-state index in [0.29, 0.717) is 31.2 Å². The first kappa shape index (κ1) is 20.4. The maximum atomic E-state index is 12.8. The first-order valence-electron chi connectivity index (χ1n) is 11.9. The van der Waals surface area contributed by atoms with E-state index < -0.39 is 0 Å². The van der Waals surface area contributed by atoms with Crippen LogP contribution < -0.4 is 5.32 Å². The zero-order chi connectivity index (χ0) is 20.1. The number of nitrogens with one attached hydrogen (secondary N) is 1. The fraction of sp³-hybridized carbons (Fsp3) is 0.680. The molecule has 0 spiro atoms. The van der Waals surface area contributed by atoms with Crippen LogP contribution >= 0.6 is 0 Å². The molecule has 1 heterocycles.